The topological polar surface area (TPSA) is 63.8 Å². The molecule has 0 saturated heterocycles. The highest BCUT2D eigenvalue weighted by molar-refractivity contribution is 9.10. The number of aromatic nitrogens is 2. The Morgan fingerprint density at radius 3 is 2.48 bits per heavy atom. The maximum atomic E-state index is 6.37. The SMILES string of the molecule is C[C@H](CNc1ccc(Br)c(-c2ccncc2)n1)[C@@H](N)c1ccccc1. The lowest BCUT2D eigenvalue weighted by Crippen LogP contribution is -2.25. The van der Waals surface area contributed by atoms with Gasteiger partial charge in [-0.1, -0.05) is 37.3 Å². The normalized spacial score (nSPS) is 13.2. The molecule has 0 saturated carbocycles. The van der Waals surface area contributed by atoms with Gasteiger partial charge in [0.15, 0.2) is 0 Å². The molecule has 2 aromatic heterocycles. The Morgan fingerprint density at radius 2 is 1.76 bits per heavy atom. The molecular formula is C20H21BrN4. The number of benzene rings is 1. The second-order valence-corrected chi connectivity index (χ2v) is 6.91. The Labute approximate surface area is 156 Å². The predicted molar refractivity (Wildman–Crippen MR) is 106 cm³/mol. The molecule has 3 rings (SSSR count). The second-order valence-electron chi connectivity index (χ2n) is 6.06. The molecule has 4 nitrogen and oxygen atoms in total. The molecule has 0 aliphatic rings. The van der Waals surface area contributed by atoms with Gasteiger partial charge in [0.2, 0.25) is 0 Å². The first-order valence-electron chi connectivity index (χ1n) is 8.26. The number of nitrogens with two attached hydrogens (primary N) is 1. The van der Waals surface area contributed by atoms with Gasteiger partial charge in [0.1, 0.15) is 5.82 Å². The fourth-order valence-corrected chi connectivity index (χ4v) is 3.10. The van der Waals surface area contributed by atoms with Gasteiger partial charge in [-0.05, 0) is 51.7 Å². The Hall–Kier alpha value is -2.24. The van der Waals surface area contributed by atoms with E-state index in [0.29, 0.717) is 0 Å². The van der Waals surface area contributed by atoms with Gasteiger partial charge in [0, 0.05) is 35.0 Å². The van der Waals surface area contributed by atoms with Crippen LogP contribution in [0.1, 0.15) is 18.5 Å². The fraction of sp³-hybridized carbons (Fsp3) is 0.200. The molecule has 2 atom stereocenters. The fourth-order valence-electron chi connectivity index (χ4n) is 2.65. The Kier molecular flexibility index (Phi) is 5.79. The van der Waals surface area contributed by atoms with Gasteiger partial charge in [-0.2, -0.15) is 0 Å². The molecule has 0 spiro atoms. The summed E-state index contributed by atoms with van der Waals surface area (Å²) in [5, 5.41) is 3.40. The molecule has 0 aliphatic carbocycles. The number of nitrogens with zero attached hydrogens (tertiary/aromatic N) is 2. The molecule has 3 N–H and O–H groups in total. The summed E-state index contributed by atoms with van der Waals surface area (Å²) in [5.74, 6) is 1.11. The number of pyridine rings is 2. The third-order valence-corrected chi connectivity index (χ3v) is 4.84. The van der Waals surface area contributed by atoms with Crippen molar-refractivity contribution in [1.29, 1.82) is 0 Å². The van der Waals surface area contributed by atoms with Crippen molar-refractivity contribution in [2.75, 3.05) is 11.9 Å². The Morgan fingerprint density at radius 1 is 1.04 bits per heavy atom. The predicted octanol–water partition coefficient (Wildman–Crippen LogP) is 4.65. The monoisotopic (exact) mass is 396 g/mol. The van der Waals surface area contributed by atoms with Crippen LogP contribution in [0.4, 0.5) is 5.82 Å². The van der Waals surface area contributed by atoms with Crippen LogP contribution in [0.2, 0.25) is 0 Å². The molecule has 128 valence electrons. The van der Waals surface area contributed by atoms with E-state index < -0.39 is 0 Å². The number of halogens is 1. The molecule has 2 heterocycles. The van der Waals surface area contributed by atoms with E-state index in [1.807, 2.05) is 42.5 Å². The van der Waals surface area contributed by atoms with Gasteiger partial charge < -0.3 is 11.1 Å². The molecule has 0 unspecified atom stereocenters. The second kappa shape index (κ2) is 8.23. The highest BCUT2D eigenvalue weighted by Gasteiger charge is 2.15. The lowest BCUT2D eigenvalue weighted by molar-refractivity contribution is 0.493. The average molecular weight is 397 g/mol. The maximum absolute atomic E-state index is 6.37. The highest BCUT2D eigenvalue weighted by Crippen LogP contribution is 2.27. The Bertz CT molecular complexity index is 808. The van der Waals surface area contributed by atoms with E-state index in [9.17, 15) is 0 Å². The van der Waals surface area contributed by atoms with Crippen molar-refractivity contribution in [3.05, 3.63) is 77.0 Å². The minimum absolute atomic E-state index is 0.0104. The molecule has 5 heteroatoms. The standard InChI is InChI=1S/C20H21BrN4/c1-14(19(22)15-5-3-2-4-6-15)13-24-18-8-7-17(21)20(25-18)16-9-11-23-12-10-16/h2-12,14,19H,13,22H2,1H3,(H,24,25)/t14-,19-/m1/s1. The van der Waals surface area contributed by atoms with Crippen LogP contribution in [-0.4, -0.2) is 16.5 Å². The number of rotatable bonds is 6. The van der Waals surface area contributed by atoms with Crippen LogP contribution in [0.3, 0.4) is 0 Å². The summed E-state index contributed by atoms with van der Waals surface area (Å²) < 4.78 is 0.957. The summed E-state index contributed by atoms with van der Waals surface area (Å²) in [7, 11) is 0. The summed E-state index contributed by atoms with van der Waals surface area (Å²) in [6.07, 6.45) is 3.54. The first kappa shape index (κ1) is 17.6. The third kappa shape index (κ3) is 4.44. The van der Waals surface area contributed by atoms with Crippen LogP contribution in [-0.2, 0) is 0 Å². The lowest BCUT2D eigenvalue weighted by atomic mass is 9.95. The van der Waals surface area contributed by atoms with Gasteiger partial charge in [-0.25, -0.2) is 4.98 Å². The van der Waals surface area contributed by atoms with Crippen LogP contribution < -0.4 is 11.1 Å². The van der Waals surface area contributed by atoms with Crippen molar-refractivity contribution in [1.82, 2.24) is 9.97 Å². The molecule has 25 heavy (non-hydrogen) atoms. The minimum Gasteiger partial charge on any atom is -0.370 e. The van der Waals surface area contributed by atoms with Crippen LogP contribution in [0, 0.1) is 5.92 Å². The van der Waals surface area contributed by atoms with Crippen molar-refractivity contribution in [3.63, 3.8) is 0 Å². The van der Waals surface area contributed by atoms with E-state index in [2.05, 4.69) is 45.3 Å². The summed E-state index contributed by atoms with van der Waals surface area (Å²) in [6, 6.07) is 18.0. The molecule has 0 bridgehead atoms. The molecule has 0 fully saturated rings. The summed E-state index contributed by atoms with van der Waals surface area (Å²) >= 11 is 3.57. The van der Waals surface area contributed by atoms with E-state index in [0.717, 1.165) is 33.7 Å². The number of hydrogen-bond donors (Lipinski definition) is 2. The maximum Gasteiger partial charge on any atom is 0.126 e. The van der Waals surface area contributed by atoms with Gasteiger partial charge in [-0.15, -0.1) is 0 Å². The number of anilines is 1. The van der Waals surface area contributed by atoms with Crippen LogP contribution in [0.15, 0.2) is 71.5 Å². The van der Waals surface area contributed by atoms with Crippen LogP contribution >= 0.6 is 15.9 Å². The van der Waals surface area contributed by atoms with Gasteiger partial charge in [-0.3, -0.25) is 4.98 Å². The quantitative estimate of drug-likeness (QED) is 0.635. The van der Waals surface area contributed by atoms with Crippen molar-refractivity contribution in [2.45, 2.75) is 13.0 Å². The molecule has 0 radical (unpaired) electrons. The zero-order chi connectivity index (χ0) is 17.6. The van der Waals surface area contributed by atoms with E-state index in [4.69, 9.17) is 10.7 Å². The zero-order valence-corrected chi connectivity index (χ0v) is 15.6. The number of hydrogen-bond acceptors (Lipinski definition) is 4. The van der Waals surface area contributed by atoms with Crippen molar-refractivity contribution in [2.24, 2.45) is 11.7 Å². The molecule has 3 aromatic rings. The van der Waals surface area contributed by atoms with Crippen LogP contribution in [0.25, 0.3) is 11.3 Å². The third-order valence-electron chi connectivity index (χ3n) is 4.20. The summed E-state index contributed by atoms with van der Waals surface area (Å²) in [6.45, 7) is 2.90. The summed E-state index contributed by atoms with van der Waals surface area (Å²) in [4.78, 5) is 8.78. The molecular weight excluding hydrogens is 376 g/mol. The van der Waals surface area contributed by atoms with E-state index in [1.165, 1.54) is 0 Å². The lowest BCUT2D eigenvalue weighted by Gasteiger charge is -2.21. The minimum atomic E-state index is -0.0104. The first-order chi connectivity index (χ1) is 12.1. The molecule has 0 amide bonds. The average Bonchev–Trinajstić information content (AvgIpc) is 2.68. The van der Waals surface area contributed by atoms with Gasteiger partial charge in [0.05, 0.1) is 5.69 Å². The van der Waals surface area contributed by atoms with Crippen molar-refractivity contribution < 1.29 is 0 Å². The Balaban J connectivity index is 1.69. The van der Waals surface area contributed by atoms with Crippen molar-refractivity contribution in [3.8, 4) is 11.3 Å². The van der Waals surface area contributed by atoms with Gasteiger partial charge in [0.25, 0.3) is 0 Å². The first-order valence-corrected chi connectivity index (χ1v) is 9.06. The number of nitrogens with one attached hydrogen (secondary N) is 1. The summed E-state index contributed by atoms with van der Waals surface area (Å²) in [5.41, 5.74) is 9.45. The highest BCUT2D eigenvalue weighted by atomic mass is 79.9. The van der Waals surface area contributed by atoms with Gasteiger partial charge >= 0.3 is 0 Å². The molecule has 0 aliphatic heterocycles. The molecule has 1 aromatic carbocycles. The van der Waals surface area contributed by atoms with E-state index in [-0.39, 0.29) is 12.0 Å². The zero-order valence-electron chi connectivity index (χ0n) is 14.1. The van der Waals surface area contributed by atoms with Crippen molar-refractivity contribution >= 4 is 21.7 Å². The van der Waals surface area contributed by atoms with Crippen LogP contribution in [0.5, 0.6) is 0 Å². The smallest absolute Gasteiger partial charge is 0.126 e. The van der Waals surface area contributed by atoms with E-state index in [1.54, 1.807) is 12.4 Å². The largest absolute Gasteiger partial charge is 0.370 e. The van der Waals surface area contributed by atoms with E-state index >= 15 is 0 Å².